The topological polar surface area (TPSA) is 63.5 Å². The molecule has 0 unspecified atom stereocenters. The number of benzene rings is 3. The van der Waals surface area contributed by atoms with Crippen molar-refractivity contribution in [2.45, 2.75) is 31.8 Å². The second kappa shape index (κ2) is 12.6. The van der Waals surface area contributed by atoms with Crippen LogP contribution in [0.2, 0.25) is 0 Å². The molecule has 1 N–H and O–H groups in total. The molecule has 1 aliphatic heterocycles. The number of aliphatic hydroxyl groups excluding tert-OH is 1. The molecule has 0 fully saturated rings. The summed E-state index contributed by atoms with van der Waals surface area (Å²) in [6.45, 7) is 1.31. The molecule has 0 saturated carbocycles. The molecule has 36 heavy (non-hydrogen) atoms. The van der Waals surface area contributed by atoms with Gasteiger partial charge in [-0.25, -0.2) is 8.78 Å². The minimum Gasteiger partial charge on any atom is -0.497 e. The van der Waals surface area contributed by atoms with Crippen LogP contribution in [0.25, 0.3) is 0 Å². The lowest BCUT2D eigenvalue weighted by Crippen LogP contribution is -2.39. The molecular weight excluding hydrogens is 466 g/mol. The normalized spacial score (nSPS) is 16.0. The first-order valence-corrected chi connectivity index (χ1v) is 11.8. The Morgan fingerprint density at radius 3 is 2.58 bits per heavy atom. The predicted molar refractivity (Wildman–Crippen MR) is 133 cm³/mol. The molecule has 1 heterocycles. The fraction of sp³-hybridized carbons (Fsp3) is 0.321. The number of methoxy groups -OCH3 is 1. The Morgan fingerprint density at radius 2 is 1.86 bits per heavy atom. The fourth-order valence-corrected chi connectivity index (χ4v) is 4.10. The van der Waals surface area contributed by atoms with Gasteiger partial charge in [-0.15, -0.1) is 0 Å². The summed E-state index contributed by atoms with van der Waals surface area (Å²) in [5.74, 6) is -0.503. The monoisotopic (exact) mass is 496 g/mol. The van der Waals surface area contributed by atoms with Gasteiger partial charge in [0.25, 0.3) is 0 Å². The van der Waals surface area contributed by atoms with Crippen molar-refractivity contribution in [3.63, 3.8) is 0 Å². The van der Waals surface area contributed by atoms with E-state index in [2.05, 4.69) is 5.16 Å². The van der Waals surface area contributed by atoms with Crippen molar-refractivity contribution in [1.82, 2.24) is 4.90 Å². The highest BCUT2D eigenvalue weighted by molar-refractivity contribution is 6.01. The van der Waals surface area contributed by atoms with E-state index in [1.807, 2.05) is 59.5 Å². The number of oxime groups is 1. The Kier molecular flexibility index (Phi) is 9.00. The smallest absolute Gasteiger partial charge is 0.145 e. The molecule has 6 nitrogen and oxygen atoms in total. The molecule has 190 valence electrons. The van der Waals surface area contributed by atoms with Crippen LogP contribution < -0.4 is 4.74 Å². The average molecular weight is 497 g/mol. The summed E-state index contributed by atoms with van der Waals surface area (Å²) >= 11 is 0. The van der Waals surface area contributed by atoms with Gasteiger partial charge in [0.1, 0.15) is 23.5 Å². The third-order valence-corrected chi connectivity index (χ3v) is 5.92. The summed E-state index contributed by atoms with van der Waals surface area (Å²) in [5.41, 5.74) is 3.09. The second-order valence-corrected chi connectivity index (χ2v) is 8.78. The second-order valence-electron chi connectivity index (χ2n) is 8.78. The largest absolute Gasteiger partial charge is 0.497 e. The number of aliphatic hydroxyl groups is 1. The van der Waals surface area contributed by atoms with E-state index in [1.54, 1.807) is 7.11 Å². The molecule has 0 aromatic heterocycles. The van der Waals surface area contributed by atoms with Crippen LogP contribution in [0.15, 0.2) is 78.0 Å². The van der Waals surface area contributed by atoms with Gasteiger partial charge in [0.2, 0.25) is 0 Å². The van der Waals surface area contributed by atoms with Gasteiger partial charge in [0, 0.05) is 37.7 Å². The van der Waals surface area contributed by atoms with Crippen molar-refractivity contribution in [1.29, 1.82) is 0 Å². The van der Waals surface area contributed by atoms with E-state index >= 15 is 0 Å². The van der Waals surface area contributed by atoms with Crippen LogP contribution in [-0.4, -0.2) is 54.7 Å². The lowest BCUT2D eigenvalue weighted by Gasteiger charge is -2.27. The molecule has 1 aliphatic rings. The molecule has 0 amide bonds. The highest BCUT2D eigenvalue weighted by Crippen LogP contribution is 2.21. The highest BCUT2D eigenvalue weighted by atomic mass is 19.1. The fourth-order valence-electron chi connectivity index (χ4n) is 4.10. The third kappa shape index (κ3) is 7.34. The summed E-state index contributed by atoms with van der Waals surface area (Å²) in [6, 6.07) is 20.8. The van der Waals surface area contributed by atoms with Crippen molar-refractivity contribution in [3.8, 4) is 5.75 Å². The van der Waals surface area contributed by atoms with Gasteiger partial charge in [0.15, 0.2) is 0 Å². The summed E-state index contributed by atoms with van der Waals surface area (Å²) in [7, 11) is 1.61. The van der Waals surface area contributed by atoms with Crippen LogP contribution in [0.5, 0.6) is 5.75 Å². The summed E-state index contributed by atoms with van der Waals surface area (Å²) in [4.78, 5) is 7.54. The van der Waals surface area contributed by atoms with Gasteiger partial charge in [-0.2, -0.15) is 0 Å². The maximum atomic E-state index is 14.4. The summed E-state index contributed by atoms with van der Waals surface area (Å²) in [5, 5.41) is 14.9. The molecule has 4 rings (SSSR count). The Balaban J connectivity index is 1.36. The van der Waals surface area contributed by atoms with E-state index in [0.29, 0.717) is 25.1 Å². The molecule has 0 radical (unpaired) electrons. The Morgan fingerprint density at radius 1 is 1.08 bits per heavy atom. The summed E-state index contributed by atoms with van der Waals surface area (Å²) in [6.07, 6.45) is -0.515. The Hall–Kier alpha value is -3.33. The van der Waals surface area contributed by atoms with E-state index in [-0.39, 0.29) is 25.8 Å². The molecule has 0 aliphatic carbocycles. The van der Waals surface area contributed by atoms with Gasteiger partial charge in [-0.3, -0.25) is 4.90 Å². The minimum absolute atomic E-state index is 0.121. The molecule has 3 aromatic rings. The van der Waals surface area contributed by atoms with Crippen LogP contribution in [0, 0.1) is 11.6 Å². The van der Waals surface area contributed by atoms with Gasteiger partial charge in [-0.05, 0) is 41.5 Å². The zero-order valence-electron chi connectivity index (χ0n) is 20.1. The molecular formula is C28H30F2N2O4. The molecule has 0 spiro atoms. The van der Waals surface area contributed by atoms with Gasteiger partial charge >= 0.3 is 0 Å². The van der Waals surface area contributed by atoms with Crippen LogP contribution in [0.3, 0.4) is 0 Å². The lowest BCUT2D eigenvalue weighted by atomic mass is 10.0. The quantitative estimate of drug-likeness (QED) is 0.399. The van der Waals surface area contributed by atoms with Gasteiger partial charge < -0.3 is 19.4 Å². The average Bonchev–Trinajstić information content (AvgIpc) is 3.35. The first-order valence-electron chi connectivity index (χ1n) is 11.8. The zero-order valence-corrected chi connectivity index (χ0v) is 20.1. The van der Waals surface area contributed by atoms with E-state index in [9.17, 15) is 13.9 Å². The standard InChI is InChI=1S/C28H30F2N2O4/c1-34-25-11-8-21(9-12-25)28-14-26(36-31-28)17-32(15-22-7-10-23(29)13-27(22)30)16-24(33)19-35-18-20-5-3-2-4-6-20/h2-13,24,26,33H,14-19H2,1H3/t24-,26-/m1/s1. The van der Waals surface area contributed by atoms with E-state index in [4.69, 9.17) is 14.3 Å². The van der Waals surface area contributed by atoms with Crippen LogP contribution in [-0.2, 0) is 22.7 Å². The highest BCUT2D eigenvalue weighted by Gasteiger charge is 2.26. The van der Waals surface area contributed by atoms with E-state index in [0.717, 1.165) is 28.7 Å². The van der Waals surface area contributed by atoms with E-state index < -0.39 is 17.7 Å². The lowest BCUT2D eigenvalue weighted by molar-refractivity contribution is -0.00671. The first-order chi connectivity index (χ1) is 17.5. The Labute approximate surface area is 209 Å². The van der Waals surface area contributed by atoms with Crippen LogP contribution >= 0.6 is 0 Å². The van der Waals surface area contributed by atoms with Crippen LogP contribution in [0.4, 0.5) is 8.78 Å². The minimum atomic E-state index is -0.805. The van der Waals surface area contributed by atoms with Gasteiger partial charge in [-0.1, -0.05) is 41.6 Å². The van der Waals surface area contributed by atoms with Gasteiger partial charge in [0.05, 0.1) is 32.1 Å². The van der Waals surface area contributed by atoms with Crippen molar-refractivity contribution in [2.24, 2.45) is 5.16 Å². The van der Waals surface area contributed by atoms with Crippen molar-refractivity contribution < 1.29 is 28.2 Å². The number of hydrogen-bond acceptors (Lipinski definition) is 6. The maximum absolute atomic E-state index is 14.4. The predicted octanol–water partition coefficient (Wildman–Crippen LogP) is 4.55. The van der Waals surface area contributed by atoms with Crippen molar-refractivity contribution >= 4 is 5.71 Å². The molecule has 3 aromatic carbocycles. The molecule has 2 atom stereocenters. The number of hydrogen-bond donors (Lipinski definition) is 1. The molecule has 8 heteroatoms. The number of ether oxygens (including phenoxy) is 2. The maximum Gasteiger partial charge on any atom is 0.145 e. The van der Waals surface area contributed by atoms with Crippen molar-refractivity contribution in [3.05, 3.63) is 101 Å². The first kappa shape index (κ1) is 25.8. The summed E-state index contributed by atoms with van der Waals surface area (Å²) < 4.78 is 38.7. The Bertz CT molecular complexity index is 1140. The molecule has 0 saturated heterocycles. The molecule has 0 bridgehead atoms. The van der Waals surface area contributed by atoms with E-state index in [1.165, 1.54) is 12.1 Å². The van der Waals surface area contributed by atoms with Crippen molar-refractivity contribution in [2.75, 3.05) is 26.8 Å². The van der Waals surface area contributed by atoms with Crippen LogP contribution in [0.1, 0.15) is 23.1 Å². The SMILES string of the molecule is COc1ccc(C2=NO[C@@H](CN(Cc3ccc(F)cc3F)C[C@@H](O)COCc3ccccc3)C2)cc1. The number of nitrogens with zero attached hydrogens (tertiary/aromatic N) is 2. The third-order valence-electron chi connectivity index (χ3n) is 5.92. The zero-order chi connectivity index (χ0) is 25.3. The number of halogens is 2. The number of rotatable bonds is 12.